The second-order valence-corrected chi connectivity index (χ2v) is 8.05. The number of thiophene rings is 1. The van der Waals surface area contributed by atoms with Crippen molar-refractivity contribution in [2.24, 2.45) is 5.92 Å². The monoisotopic (exact) mass is 352 g/mol. The van der Waals surface area contributed by atoms with Crippen LogP contribution in [0.4, 0.5) is 5.69 Å². The number of benzene rings is 1. The summed E-state index contributed by atoms with van der Waals surface area (Å²) >= 11 is 1.82. The summed E-state index contributed by atoms with van der Waals surface area (Å²) in [6, 6.07) is 11.0. The van der Waals surface area contributed by atoms with Crippen molar-refractivity contribution < 1.29 is 4.79 Å². The number of carbonyl (C=O) groups excluding carboxylic acids is 1. The zero-order valence-electron chi connectivity index (χ0n) is 14.7. The maximum atomic E-state index is 12.5. The number of hydrogen-bond acceptors (Lipinski definition) is 3. The lowest BCUT2D eigenvalue weighted by atomic mass is 9.78. The van der Waals surface area contributed by atoms with E-state index in [4.69, 9.17) is 0 Å². The lowest BCUT2D eigenvalue weighted by Gasteiger charge is -2.37. The van der Waals surface area contributed by atoms with Gasteiger partial charge in [0.1, 0.15) is 0 Å². The first-order valence-electron chi connectivity index (χ1n) is 9.08. The molecule has 0 radical (unpaired) electrons. The summed E-state index contributed by atoms with van der Waals surface area (Å²) in [6.45, 7) is 4.12. The van der Waals surface area contributed by atoms with Gasteiger partial charge in [0, 0.05) is 28.1 Å². The van der Waals surface area contributed by atoms with E-state index >= 15 is 0 Å². The van der Waals surface area contributed by atoms with E-state index in [1.54, 1.807) is 0 Å². The largest absolute Gasteiger partial charge is 0.377 e. The van der Waals surface area contributed by atoms with Crippen LogP contribution >= 0.6 is 11.3 Å². The van der Waals surface area contributed by atoms with Crippen LogP contribution in [0.1, 0.15) is 59.4 Å². The Bertz CT molecular complexity index is 796. The first kappa shape index (κ1) is 16.4. The molecular weight excluding hydrogens is 328 g/mol. The molecule has 25 heavy (non-hydrogen) atoms. The highest BCUT2D eigenvalue weighted by Crippen LogP contribution is 2.50. The van der Waals surface area contributed by atoms with Gasteiger partial charge in [-0.25, -0.2) is 0 Å². The smallest absolute Gasteiger partial charge is 0.251 e. The molecule has 1 aromatic heterocycles. The number of anilines is 1. The van der Waals surface area contributed by atoms with E-state index in [2.05, 4.69) is 59.4 Å². The maximum Gasteiger partial charge on any atom is 0.251 e. The van der Waals surface area contributed by atoms with Crippen molar-refractivity contribution in [1.29, 1.82) is 0 Å². The number of allylic oxidation sites excluding steroid dienone is 2. The van der Waals surface area contributed by atoms with Crippen LogP contribution in [0.3, 0.4) is 0 Å². The standard InChI is InChI=1S/C21H24N2OS/c1-3-13(2)22-21(24)14-9-10-18-17(12-14)15-6-4-7-16(15)20(23-18)19-8-5-11-25-19/h4-6,8-13,15-16,20,23H,3,7H2,1-2H3,(H,22,24). The highest BCUT2D eigenvalue weighted by Gasteiger charge is 2.38. The fraction of sp³-hybridized carbons (Fsp3) is 0.381. The van der Waals surface area contributed by atoms with Gasteiger partial charge in [-0.2, -0.15) is 0 Å². The molecule has 0 saturated carbocycles. The third-order valence-electron chi connectivity index (χ3n) is 5.46. The third kappa shape index (κ3) is 2.99. The second kappa shape index (κ2) is 6.68. The molecule has 2 heterocycles. The molecule has 4 heteroatoms. The average Bonchev–Trinajstić information content (AvgIpc) is 3.32. The minimum Gasteiger partial charge on any atom is -0.377 e. The molecular formula is C21H24N2OS. The van der Waals surface area contributed by atoms with Gasteiger partial charge in [-0.3, -0.25) is 4.79 Å². The van der Waals surface area contributed by atoms with Crippen molar-refractivity contribution >= 4 is 22.9 Å². The van der Waals surface area contributed by atoms with Crippen molar-refractivity contribution in [1.82, 2.24) is 5.32 Å². The minimum absolute atomic E-state index is 0.0241. The Kier molecular flexibility index (Phi) is 4.38. The van der Waals surface area contributed by atoms with Gasteiger partial charge in [-0.1, -0.05) is 25.1 Å². The van der Waals surface area contributed by atoms with Crippen LogP contribution in [0.15, 0.2) is 47.9 Å². The van der Waals surface area contributed by atoms with E-state index in [0.29, 0.717) is 17.9 Å². The van der Waals surface area contributed by atoms with E-state index in [9.17, 15) is 4.79 Å². The van der Waals surface area contributed by atoms with E-state index in [1.807, 2.05) is 24.3 Å². The molecule has 1 aliphatic carbocycles. The summed E-state index contributed by atoms with van der Waals surface area (Å²) in [5, 5.41) is 8.94. The molecule has 2 N–H and O–H groups in total. The van der Waals surface area contributed by atoms with Gasteiger partial charge in [0.2, 0.25) is 0 Å². The van der Waals surface area contributed by atoms with Crippen LogP contribution in [0, 0.1) is 5.92 Å². The van der Waals surface area contributed by atoms with Gasteiger partial charge < -0.3 is 10.6 Å². The number of amides is 1. The second-order valence-electron chi connectivity index (χ2n) is 7.08. The van der Waals surface area contributed by atoms with Crippen LogP contribution in [0.5, 0.6) is 0 Å². The van der Waals surface area contributed by atoms with Crippen molar-refractivity contribution in [2.75, 3.05) is 5.32 Å². The Morgan fingerprint density at radius 1 is 1.40 bits per heavy atom. The summed E-state index contributed by atoms with van der Waals surface area (Å²) in [4.78, 5) is 13.9. The van der Waals surface area contributed by atoms with Crippen molar-refractivity contribution in [2.45, 2.75) is 44.7 Å². The zero-order valence-corrected chi connectivity index (χ0v) is 15.5. The normalized spacial score (nSPS) is 25.0. The number of hydrogen-bond donors (Lipinski definition) is 2. The Balaban J connectivity index is 1.66. The van der Waals surface area contributed by atoms with Gasteiger partial charge in [0.05, 0.1) is 6.04 Å². The van der Waals surface area contributed by atoms with Crippen LogP contribution in [-0.4, -0.2) is 11.9 Å². The molecule has 0 saturated heterocycles. The SMILES string of the molecule is CCC(C)NC(=O)c1ccc2c(c1)C1C=CCC1C(c1cccs1)N2. The van der Waals surface area contributed by atoms with Gasteiger partial charge in [-0.15, -0.1) is 11.3 Å². The first-order valence-corrected chi connectivity index (χ1v) is 9.96. The minimum atomic E-state index is 0.0241. The lowest BCUT2D eigenvalue weighted by Crippen LogP contribution is -2.32. The Morgan fingerprint density at radius 2 is 2.28 bits per heavy atom. The lowest BCUT2D eigenvalue weighted by molar-refractivity contribution is 0.0939. The summed E-state index contributed by atoms with van der Waals surface area (Å²) in [7, 11) is 0. The Hall–Kier alpha value is -2.07. The molecule has 4 atom stereocenters. The molecule has 1 amide bonds. The highest BCUT2D eigenvalue weighted by molar-refractivity contribution is 7.10. The Morgan fingerprint density at radius 3 is 3.04 bits per heavy atom. The predicted molar refractivity (Wildman–Crippen MR) is 104 cm³/mol. The average molecular weight is 353 g/mol. The van der Waals surface area contributed by atoms with Crippen LogP contribution in [0.2, 0.25) is 0 Å². The fourth-order valence-corrected chi connectivity index (χ4v) is 4.75. The fourth-order valence-electron chi connectivity index (χ4n) is 3.89. The molecule has 4 unspecified atom stereocenters. The van der Waals surface area contributed by atoms with Gasteiger partial charge >= 0.3 is 0 Å². The van der Waals surface area contributed by atoms with Crippen molar-refractivity contribution in [3.63, 3.8) is 0 Å². The van der Waals surface area contributed by atoms with Crippen LogP contribution in [0.25, 0.3) is 0 Å². The number of carbonyl (C=O) groups is 1. The summed E-state index contributed by atoms with van der Waals surface area (Å²) < 4.78 is 0. The molecule has 4 rings (SSSR count). The zero-order chi connectivity index (χ0) is 17.4. The van der Waals surface area contributed by atoms with Gasteiger partial charge in [-0.05, 0) is 60.9 Å². The number of nitrogens with one attached hydrogen (secondary N) is 2. The van der Waals surface area contributed by atoms with E-state index < -0.39 is 0 Å². The predicted octanol–water partition coefficient (Wildman–Crippen LogP) is 5.10. The summed E-state index contributed by atoms with van der Waals surface area (Å²) in [5.74, 6) is 0.940. The molecule has 0 spiro atoms. The first-order chi connectivity index (χ1) is 12.2. The molecule has 1 aromatic carbocycles. The molecule has 1 aliphatic heterocycles. The summed E-state index contributed by atoms with van der Waals surface area (Å²) in [6.07, 6.45) is 6.64. The molecule has 0 bridgehead atoms. The molecule has 2 aromatic rings. The molecule has 0 fully saturated rings. The highest BCUT2D eigenvalue weighted by atomic mass is 32.1. The van der Waals surface area contributed by atoms with Gasteiger partial charge in [0.25, 0.3) is 5.91 Å². The van der Waals surface area contributed by atoms with E-state index in [0.717, 1.165) is 24.1 Å². The Labute approximate surface area is 153 Å². The summed E-state index contributed by atoms with van der Waals surface area (Å²) in [5.41, 5.74) is 3.17. The maximum absolute atomic E-state index is 12.5. The van der Waals surface area contributed by atoms with Crippen molar-refractivity contribution in [3.8, 4) is 0 Å². The van der Waals surface area contributed by atoms with Gasteiger partial charge in [0.15, 0.2) is 0 Å². The van der Waals surface area contributed by atoms with E-state index in [-0.39, 0.29) is 11.9 Å². The van der Waals surface area contributed by atoms with E-state index in [1.165, 1.54) is 10.4 Å². The van der Waals surface area contributed by atoms with Crippen LogP contribution < -0.4 is 10.6 Å². The third-order valence-corrected chi connectivity index (χ3v) is 6.42. The topological polar surface area (TPSA) is 41.1 Å². The quantitative estimate of drug-likeness (QED) is 0.751. The van der Waals surface area contributed by atoms with Crippen molar-refractivity contribution in [3.05, 3.63) is 63.9 Å². The molecule has 3 nitrogen and oxygen atoms in total. The number of fused-ring (bicyclic) bond motifs is 3. The number of rotatable bonds is 4. The molecule has 130 valence electrons. The van der Waals surface area contributed by atoms with Crippen LogP contribution in [-0.2, 0) is 0 Å². The molecule has 2 aliphatic rings.